The highest BCUT2D eigenvalue weighted by Crippen LogP contribution is 2.35. The number of fused-ring (bicyclic) bond motifs is 3. The summed E-state index contributed by atoms with van der Waals surface area (Å²) in [7, 11) is -6.19. The highest BCUT2D eigenvalue weighted by molar-refractivity contribution is 6.64. The lowest BCUT2D eigenvalue weighted by atomic mass is 9.74. The van der Waals surface area contributed by atoms with Crippen LogP contribution in [0, 0.1) is 0 Å². The predicted octanol–water partition coefficient (Wildman–Crippen LogP) is -5.58. The Morgan fingerprint density at radius 2 is 0.663 bits per heavy atom. The molecule has 3 aliphatic heterocycles. The lowest BCUT2D eigenvalue weighted by molar-refractivity contribution is -0.0356. The van der Waals surface area contributed by atoms with Crippen molar-refractivity contribution in [3.05, 3.63) is 148 Å². The molecule has 28 N–H and O–H groups in total. The molecule has 0 bridgehead atoms. The van der Waals surface area contributed by atoms with Crippen LogP contribution in [0.15, 0.2) is 109 Å². The molecule has 3 heterocycles. The van der Waals surface area contributed by atoms with Crippen LogP contribution < -0.4 is 90.1 Å². The van der Waals surface area contributed by atoms with Gasteiger partial charge in [-0.2, -0.15) is 0 Å². The predicted molar refractivity (Wildman–Crippen MR) is 389 cm³/mol. The van der Waals surface area contributed by atoms with Crippen molar-refractivity contribution in [3.8, 4) is 34.5 Å². The molecule has 104 heavy (non-hydrogen) atoms. The molecule has 7 unspecified atom stereocenters. The van der Waals surface area contributed by atoms with E-state index in [-0.39, 0.29) is 150 Å². The first-order chi connectivity index (χ1) is 49.9. The summed E-state index contributed by atoms with van der Waals surface area (Å²) in [5, 5.41) is 138. The Balaban J connectivity index is 0.000000261. The van der Waals surface area contributed by atoms with Crippen LogP contribution in [0.4, 0.5) is 0 Å². The quantitative estimate of drug-likeness (QED) is 0.00969. The number of rotatable bonds is 40. The van der Waals surface area contributed by atoms with Crippen LogP contribution in [-0.2, 0) is 23.3 Å². The number of ether oxygens (including phenoxy) is 6. The first-order valence-corrected chi connectivity index (χ1v) is 34.1. The van der Waals surface area contributed by atoms with Crippen molar-refractivity contribution in [2.75, 3.05) is 119 Å². The average Bonchev–Trinajstić information content (AvgIpc) is 1.56. The number of aliphatic hydroxyl groups is 9. The first kappa shape index (κ1) is 88.0. The average molecular weight is 1460 g/mol. The summed E-state index contributed by atoms with van der Waals surface area (Å²) in [6.45, 7) is 2.29. The van der Waals surface area contributed by atoms with E-state index >= 15 is 0 Å². The molecule has 0 aliphatic carbocycles. The minimum atomic E-state index is -1.78. The van der Waals surface area contributed by atoms with Gasteiger partial charge in [-0.3, -0.25) is 0 Å². The highest BCUT2D eigenvalue weighted by Gasteiger charge is 2.40. The van der Waals surface area contributed by atoms with E-state index in [9.17, 15) is 45.5 Å². The topological polar surface area (TPSA) is 572 Å². The summed E-state index contributed by atoms with van der Waals surface area (Å²) in [4.78, 5) is 0. The first-order valence-electron chi connectivity index (χ1n) is 34.1. The van der Waals surface area contributed by atoms with Crippen LogP contribution in [0.5, 0.6) is 34.5 Å². The van der Waals surface area contributed by atoms with Gasteiger partial charge in [0.15, 0.2) is 6.29 Å². The Morgan fingerprint density at radius 1 is 0.375 bits per heavy atom. The van der Waals surface area contributed by atoms with E-state index in [1.54, 1.807) is 72.8 Å². The van der Waals surface area contributed by atoms with E-state index in [2.05, 4.69) is 0 Å². The third kappa shape index (κ3) is 24.5. The van der Waals surface area contributed by atoms with Crippen molar-refractivity contribution in [1.82, 2.24) is 0 Å². The van der Waals surface area contributed by atoms with E-state index in [1.807, 2.05) is 36.4 Å². The second kappa shape index (κ2) is 47.2. The van der Waals surface area contributed by atoms with Crippen molar-refractivity contribution in [2.24, 2.45) is 34.4 Å². The number of nitrogens with two attached hydrogens (primary N) is 6. The normalized spacial score (nSPS) is 15.8. The molecule has 9 rings (SSSR count). The van der Waals surface area contributed by atoms with Crippen molar-refractivity contribution in [3.63, 3.8) is 0 Å². The second-order valence-electron chi connectivity index (χ2n) is 23.3. The zero-order chi connectivity index (χ0) is 74.8. The number of benzene rings is 6. The Bertz CT molecular complexity index is 3300. The summed E-state index contributed by atoms with van der Waals surface area (Å²) < 4.78 is 61.1. The van der Waals surface area contributed by atoms with E-state index < -0.39 is 60.2 Å². The lowest BCUT2D eigenvalue weighted by Crippen LogP contribution is -2.40. The standard InChI is InChI=1S/C23H35BN2O9.C22H32B2N2O8.2C11H16BNO4.H2O/c25-13-17(29)15-5-1-7-19(33-11-3-9-27)21(15)23(31)35-24(32)22-16(18(30)14-26)6-2-8-20(22)34-12-4-10-28;25-13-17(28)15-5-1-7-18(31-10-3-9-27)21(15)23(29)33-12-4-11-32-19-8-2-6-16-20(14-26)34-24(30)22(16)19;2*13-7-10-8-3-1-4-9(16-6-2-5-14)11(8)12(15)17-10;/h1-2,5-8,17-18,23,27-32H,3-4,9-14,25-26H2;1-2,5-8,17,20,27-30H,3-4,9-14,25-26H2;2*1,3-4,10,14-15H,2,5-7,13H2;1H2. The summed E-state index contributed by atoms with van der Waals surface area (Å²) >= 11 is 0. The van der Waals surface area contributed by atoms with Crippen molar-refractivity contribution in [1.29, 1.82) is 0 Å². The van der Waals surface area contributed by atoms with Crippen molar-refractivity contribution < 1.29 is 128 Å². The zero-order valence-corrected chi connectivity index (χ0v) is 58.0. The molecular formula is C67H101B5N6O26. The maximum absolute atomic E-state index is 11.0. The number of aliphatic hydroxyl groups excluding tert-OH is 9. The van der Waals surface area contributed by atoms with Crippen LogP contribution in [0.2, 0.25) is 0 Å². The zero-order valence-electron chi connectivity index (χ0n) is 58.0. The van der Waals surface area contributed by atoms with Crippen LogP contribution in [0.3, 0.4) is 0 Å². The second-order valence-corrected chi connectivity index (χ2v) is 23.3. The van der Waals surface area contributed by atoms with Crippen LogP contribution in [-0.4, -0.2) is 231 Å². The molecule has 6 aromatic rings. The molecule has 0 saturated heterocycles. The van der Waals surface area contributed by atoms with Gasteiger partial charge in [0.1, 0.15) is 34.5 Å². The lowest BCUT2D eigenvalue weighted by Gasteiger charge is -2.25. The van der Waals surface area contributed by atoms with E-state index in [0.717, 1.165) is 16.7 Å². The van der Waals surface area contributed by atoms with E-state index in [0.29, 0.717) is 115 Å². The van der Waals surface area contributed by atoms with Gasteiger partial charge in [-0.15, -0.1) is 0 Å². The van der Waals surface area contributed by atoms with Gasteiger partial charge in [0.25, 0.3) is 0 Å². The third-order valence-corrected chi connectivity index (χ3v) is 16.3. The molecule has 0 amide bonds. The summed E-state index contributed by atoms with van der Waals surface area (Å²) in [6.07, 6.45) is -3.34. The summed E-state index contributed by atoms with van der Waals surface area (Å²) in [6, 6.07) is 30.8. The molecule has 0 saturated carbocycles. The smallest absolute Gasteiger partial charge is 0.494 e. The summed E-state index contributed by atoms with van der Waals surface area (Å²) in [5.41, 5.74) is 39.4. The van der Waals surface area contributed by atoms with Gasteiger partial charge < -0.3 is 163 Å². The van der Waals surface area contributed by atoms with Crippen molar-refractivity contribution >= 4 is 62.9 Å². The number of hydrogen-bond donors (Lipinski definition) is 20. The van der Waals surface area contributed by atoms with Gasteiger partial charge >= 0.3 is 35.6 Å². The van der Waals surface area contributed by atoms with Gasteiger partial charge in [-0.1, -0.05) is 72.8 Å². The highest BCUT2D eigenvalue weighted by atomic mass is 16.6. The fraction of sp³-hybridized carbons (Fsp3) is 0.463. The van der Waals surface area contributed by atoms with Gasteiger partial charge in [-0.05, 0) is 69.8 Å². The molecule has 32 nitrogen and oxygen atoms in total. The van der Waals surface area contributed by atoms with Crippen LogP contribution in [0.1, 0.15) is 120 Å². The molecule has 0 spiro atoms. The molecule has 0 fully saturated rings. The maximum Gasteiger partial charge on any atom is 0.497 e. The van der Waals surface area contributed by atoms with Crippen LogP contribution in [0.25, 0.3) is 0 Å². The van der Waals surface area contributed by atoms with Crippen molar-refractivity contribution in [2.45, 2.75) is 81.4 Å². The van der Waals surface area contributed by atoms with E-state index in [1.165, 1.54) is 0 Å². The van der Waals surface area contributed by atoms with Gasteiger partial charge in [0, 0.05) is 145 Å². The Morgan fingerprint density at radius 3 is 1.01 bits per heavy atom. The maximum atomic E-state index is 11.0. The summed E-state index contributed by atoms with van der Waals surface area (Å²) in [5.74, 6) is 2.41. The molecule has 37 heteroatoms. The van der Waals surface area contributed by atoms with Gasteiger partial charge in [0.2, 0.25) is 0 Å². The monoisotopic (exact) mass is 1460 g/mol. The molecular weight excluding hydrogens is 1360 g/mol. The fourth-order valence-electron chi connectivity index (χ4n) is 11.3. The molecule has 0 radical (unpaired) electrons. The molecule has 6 aromatic carbocycles. The largest absolute Gasteiger partial charge is 0.497 e. The molecule has 3 aliphatic rings. The van der Waals surface area contributed by atoms with Gasteiger partial charge in [0.05, 0.1) is 81.8 Å². The van der Waals surface area contributed by atoms with Gasteiger partial charge in [-0.25, -0.2) is 0 Å². The molecule has 570 valence electrons. The fourth-order valence-corrected chi connectivity index (χ4v) is 11.3. The number of hydrogen-bond acceptors (Lipinski definition) is 31. The third-order valence-electron chi connectivity index (χ3n) is 16.3. The minimum absolute atomic E-state index is 0. The Labute approximate surface area is 605 Å². The van der Waals surface area contributed by atoms with Crippen LogP contribution >= 0.6 is 0 Å². The molecule has 0 aromatic heterocycles. The SMILES string of the molecule is NCC(O)c1cccc(OCCCO)c1B(O)OC(O)c1c(OCCCO)cccc1C(O)CN.NCC(O)c1cccc(OCCCO)c1B(O)OCCCOc1cccc2c1B(O)OC2CN.NCC1OB(O)c2c(OCCCO)cccc21.NCC1OB(O)c2c(OCCCO)cccc21.O. The minimum Gasteiger partial charge on any atom is -0.494 e. The Kier molecular flexibility index (Phi) is 39.9. The molecule has 7 atom stereocenters. The Hall–Kier alpha value is -6.60. The van der Waals surface area contributed by atoms with E-state index in [4.69, 9.17) is 112 Å².